The number of hydrogen-bond donors (Lipinski definition) is 2. The molecule has 1 fully saturated rings. The second kappa shape index (κ2) is 10.6. The van der Waals surface area contributed by atoms with Crippen LogP contribution in [0.15, 0.2) is 64.7 Å². The molecule has 3 N–H and O–H groups in total. The maximum Gasteiger partial charge on any atom is 0.275 e. The molecule has 34 heavy (non-hydrogen) atoms. The van der Waals surface area contributed by atoms with Crippen LogP contribution in [-0.2, 0) is 4.79 Å². The van der Waals surface area contributed by atoms with Crippen LogP contribution in [0.2, 0.25) is 0 Å². The molecule has 1 aliphatic rings. The van der Waals surface area contributed by atoms with Gasteiger partial charge in [0.1, 0.15) is 5.82 Å². The molecule has 1 saturated heterocycles. The number of thiocarbonyl (C=S) groups is 1. The zero-order chi connectivity index (χ0) is 24.1. The molecule has 0 atom stereocenters. The van der Waals surface area contributed by atoms with Crippen LogP contribution in [0.4, 0.5) is 10.1 Å². The lowest BCUT2D eigenvalue weighted by Gasteiger charge is -2.34. The van der Waals surface area contributed by atoms with Gasteiger partial charge in [0.2, 0.25) is 0 Å². The van der Waals surface area contributed by atoms with Gasteiger partial charge in [0.05, 0.1) is 16.1 Å². The lowest BCUT2D eigenvalue weighted by Crippen LogP contribution is -2.52. The van der Waals surface area contributed by atoms with E-state index in [1.807, 2.05) is 30.3 Å². The van der Waals surface area contributed by atoms with E-state index in [0.717, 1.165) is 21.2 Å². The first-order chi connectivity index (χ1) is 16.5. The highest BCUT2D eigenvalue weighted by Crippen LogP contribution is 2.29. The van der Waals surface area contributed by atoms with Gasteiger partial charge >= 0.3 is 0 Å². The molecule has 0 saturated carbocycles. The number of para-hydroxylation sites is 1. The molecule has 0 aliphatic carbocycles. The summed E-state index contributed by atoms with van der Waals surface area (Å²) in [6.07, 6.45) is 1.71. The first-order valence-electron chi connectivity index (χ1n) is 10.4. The average Bonchev–Trinajstić information content (AvgIpc) is 2.88. The fourth-order valence-electron chi connectivity index (χ4n) is 3.59. The number of piperazine rings is 1. The predicted molar refractivity (Wildman–Crippen MR) is 135 cm³/mol. The Labute approximate surface area is 205 Å². The van der Waals surface area contributed by atoms with Crippen molar-refractivity contribution in [2.24, 2.45) is 10.9 Å². The molecule has 4 rings (SSSR count). The summed E-state index contributed by atoms with van der Waals surface area (Å²) in [4.78, 5) is 33.5. The van der Waals surface area contributed by atoms with Crippen LogP contribution in [0.3, 0.4) is 0 Å². The van der Waals surface area contributed by atoms with Gasteiger partial charge in [-0.2, -0.15) is 5.10 Å². The van der Waals surface area contributed by atoms with E-state index in [1.54, 1.807) is 17.2 Å². The van der Waals surface area contributed by atoms with Gasteiger partial charge in [0, 0.05) is 48.7 Å². The Morgan fingerprint density at radius 1 is 1.12 bits per heavy atom. The van der Waals surface area contributed by atoms with E-state index >= 15 is 0 Å². The van der Waals surface area contributed by atoms with Gasteiger partial charge in [-0.1, -0.05) is 30.4 Å². The third-order valence-electron chi connectivity index (χ3n) is 5.41. The number of nitrogens with zero attached hydrogens (tertiary/aromatic N) is 4. The van der Waals surface area contributed by atoms with Crippen molar-refractivity contribution >= 4 is 63.6 Å². The summed E-state index contributed by atoms with van der Waals surface area (Å²) in [7, 11) is 0. The zero-order valence-corrected chi connectivity index (χ0v) is 19.6. The Kier molecular flexibility index (Phi) is 7.33. The number of carbonyl (C=O) groups is 2. The van der Waals surface area contributed by atoms with Crippen LogP contribution in [0.25, 0.3) is 10.9 Å². The van der Waals surface area contributed by atoms with Crippen molar-refractivity contribution in [1.82, 2.24) is 14.8 Å². The van der Waals surface area contributed by atoms with E-state index < -0.39 is 5.82 Å². The number of fused-ring (bicyclic) bond motifs is 1. The fourth-order valence-corrected chi connectivity index (χ4v) is 4.55. The molecule has 3 aromatic rings. The van der Waals surface area contributed by atoms with Crippen molar-refractivity contribution in [3.63, 3.8) is 0 Å². The van der Waals surface area contributed by atoms with Gasteiger partial charge in [0.15, 0.2) is 5.71 Å². The number of anilines is 1. The van der Waals surface area contributed by atoms with Crippen molar-refractivity contribution in [3.8, 4) is 0 Å². The van der Waals surface area contributed by atoms with E-state index in [9.17, 15) is 14.0 Å². The number of rotatable bonds is 6. The van der Waals surface area contributed by atoms with Gasteiger partial charge in [-0.15, -0.1) is 0 Å². The first kappa shape index (κ1) is 23.6. The summed E-state index contributed by atoms with van der Waals surface area (Å²) >= 11 is 6.00. The van der Waals surface area contributed by atoms with Crippen LogP contribution in [0.1, 0.15) is 10.4 Å². The minimum atomic E-state index is -0.537. The second-order valence-electron chi connectivity index (χ2n) is 7.45. The molecule has 1 aromatic heterocycles. The first-order valence-corrected chi connectivity index (χ1v) is 11.7. The highest BCUT2D eigenvalue weighted by Gasteiger charge is 2.27. The van der Waals surface area contributed by atoms with E-state index in [0.29, 0.717) is 26.2 Å². The normalized spacial score (nSPS) is 14.2. The van der Waals surface area contributed by atoms with Gasteiger partial charge in [0.25, 0.3) is 11.8 Å². The van der Waals surface area contributed by atoms with Crippen LogP contribution >= 0.6 is 24.2 Å². The minimum absolute atomic E-state index is 0.00270. The Morgan fingerprint density at radius 3 is 2.56 bits per heavy atom. The van der Waals surface area contributed by atoms with Gasteiger partial charge in [-0.05, 0) is 42.3 Å². The fraction of sp³-hybridized carbons (Fsp3) is 0.174. The molecule has 174 valence electrons. The number of halogens is 1. The van der Waals surface area contributed by atoms with Crippen LogP contribution in [0, 0.1) is 5.82 Å². The minimum Gasteiger partial charge on any atom is -0.335 e. The summed E-state index contributed by atoms with van der Waals surface area (Å²) < 4.78 is 17.8. The summed E-state index contributed by atoms with van der Waals surface area (Å²) in [5.41, 5.74) is 1.32. The van der Waals surface area contributed by atoms with E-state index in [-0.39, 0.29) is 28.8 Å². The lowest BCUT2D eigenvalue weighted by atomic mass is 10.1. The van der Waals surface area contributed by atoms with Crippen LogP contribution in [-0.4, -0.2) is 63.9 Å². The molecule has 0 radical (unpaired) electrons. The number of carbonyl (C=O) groups excluding carboxylic acids is 2. The maximum atomic E-state index is 14.8. The summed E-state index contributed by atoms with van der Waals surface area (Å²) in [5, 5.41) is 5.51. The summed E-state index contributed by atoms with van der Waals surface area (Å²) in [5.74, 6) is 3.97. The number of aromatic nitrogens is 1. The number of pyridine rings is 1. The molecule has 2 amide bonds. The Bertz CT molecular complexity index is 1270. The number of hydrogen-bond acceptors (Lipinski definition) is 8. The third-order valence-corrected chi connectivity index (χ3v) is 6.50. The second-order valence-corrected chi connectivity index (χ2v) is 8.53. The van der Waals surface area contributed by atoms with Gasteiger partial charge in [-0.25, -0.2) is 4.39 Å². The van der Waals surface area contributed by atoms with Crippen molar-refractivity contribution < 1.29 is 14.0 Å². The SMILES string of the molecule is NN=C(C=S)C(=O)N1CCN(C(=O)c2ccc(NSc3cccc4cccnc34)c(F)c2)CC1. The number of amides is 2. The molecule has 0 unspecified atom stereocenters. The standard InChI is InChI=1S/C23H21FN6O2S2/c24-17-13-16(22(31)29-9-11-30(12-10-29)23(32)19(14-33)27-25)6-7-18(17)28-34-20-5-1-3-15-4-2-8-26-21(15)20/h1-8,13-14,28H,9-12,25H2. The largest absolute Gasteiger partial charge is 0.335 e. The van der Waals surface area contributed by atoms with E-state index in [4.69, 9.17) is 18.1 Å². The number of benzene rings is 2. The quantitative estimate of drug-likeness (QED) is 0.178. The Balaban J connectivity index is 1.39. The van der Waals surface area contributed by atoms with Crippen LogP contribution in [0.5, 0.6) is 0 Å². The van der Waals surface area contributed by atoms with Crippen LogP contribution < -0.4 is 10.6 Å². The lowest BCUT2D eigenvalue weighted by molar-refractivity contribution is -0.125. The molecule has 0 bridgehead atoms. The smallest absolute Gasteiger partial charge is 0.275 e. The van der Waals surface area contributed by atoms with Gasteiger partial charge < -0.3 is 20.4 Å². The van der Waals surface area contributed by atoms with Crippen molar-refractivity contribution in [2.75, 3.05) is 30.9 Å². The van der Waals surface area contributed by atoms with Crippen molar-refractivity contribution in [3.05, 3.63) is 66.1 Å². The molecule has 1 aliphatic heterocycles. The summed E-state index contributed by atoms with van der Waals surface area (Å²) in [6, 6.07) is 13.9. The monoisotopic (exact) mass is 496 g/mol. The number of nitrogens with two attached hydrogens (primary N) is 1. The molecule has 8 nitrogen and oxygen atoms in total. The van der Waals surface area contributed by atoms with Gasteiger partial charge in [-0.3, -0.25) is 14.6 Å². The molecule has 11 heteroatoms. The zero-order valence-electron chi connectivity index (χ0n) is 18.0. The highest BCUT2D eigenvalue weighted by molar-refractivity contribution is 8.00. The molecule has 0 spiro atoms. The molecular formula is C23H21FN6O2S2. The maximum absolute atomic E-state index is 14.8. The third kappa shape index (κ3) is 5.00. The number of nitrogens with one attached hydrogen (secondary N) is 1. The Morgan fingerprint density at radius 2 is 1.85 bits per heavy atom. The van der Waals surface area contributed by atoms with E-state index in [2.05, 4.69) is 14.8 Å². The predicted octanol–water partition coefficient (Wildman–Crippen LogP) is 3.09. The molecule has 2 heterocycles. The topological polar surface area (TPSA) is 104 Å². The molecule has 2 aromatic carbocycles. The van der Waals surface area contributed by atoms with E-state index in [1.165, 1.54) is 29.0 Å². The summed E-state index contributed by atoms with van der Waals surface area (Å²) in [6.45, 7) is 1.24. The Hall–Kier alpha value is -3.57. The van der Waals surface area contributed by atoms with Crippen molar-refractivity contribution in [1.29, 1.82) is 0 Å². The average molecular weight is 497 g/mol. The molecular weight excluding hydrogens is 475 g/mol. The number of hydrazone groups is 1. The van der Waals surface area contributed by atoms with Crippen molar-refractivity contribution in [2.45, 2.75) is 4.90 Å². The highest BCUT2D eigenvalue weighted by atomic mass is 32.2.